The number of nitrogens with zero attached hydrogens (tertiary/aromatic N) is 1. The molecule has 2 fully saturated rings. The molecule has 1 saturated carbocycles. The Hall–Kier alpha value is -1.72. The SMILES string of the molecule is O=C(/C=C/c1ccc(Cl)c(Cl)c1)NC1CCN(C(=O)NC2CCCCC2)CC1. The molecule has 1 heterocycles. The number of nitrogens with one attached hydrogen (secondary N) is 2. The van der Waals surface area contributed by atoms with Gasteiger partial charge in [-0.15, -0.1) is 0 Å². The van der Waals surface area contributed by atoms with Crippen LogP contribution >= 0.6 is 23.2 Å². The number of hydrogen-bond donors (Lipinski definition) is 2. The summed E-state index contributed by atoms with van der Waals surface area (Å²) < 4.78 is 0. The van der Waals surface area contributed by atoms with Gasteiger partial charge in [0.15, 0.2) is 0 Å². The first-order chi connectivity index (χ1) is 13.5. The lowest BCUT2D eigenvalue weighted by Crippen LogP contribution is -2.51. The monoisotopic (exact) mass is 423 g/mol. The molecule has 2 aliphatic rings. The fraction of sp³-hybridized carbons (Fsp3) is 0.524. The molecule has 2 N–H and O–H groups in total. The third-order valence-corrected chi connectivity index (χ3v) is 6.17. The predicted octanol–water partition coefficient (Wildman–Crippen LogP) is 4.63. The molecule has 0 bridgehead atoms. The van der Waals surface area contributed by atoms with Crippen molar-refractivity contribution >= 4 is 41.2 Å². The second kappa shape index (κ2) is 10.2. The average Bonchev–Trinajstić information content (AvgIpc) is 2.70. The number of urea groups is 1. The molecule has 0 aromatic heterocycles. The highest BCUT2D eigenvalue weighted by Gasteiger charge is 2.25. The van der Waals surface area contributed by atoms with Gasteiger partial charge in [0.1, 0.15) is 0 Å². The number of likely N-dealkylation sites (tertiary alicyclic amines) is 1. The number of benzene rings is 1. The summed E-state index contributed by atoms with van der Waals surface area (Å²) in [4.78, 5) is 26.4. The third kappa shape index (κ3) is 6.14. The van der Waals surface area contributed by atoms with Crippen LogP contribution in [-0.2, 0) is 4.79 Å². The summed E-state index contributed by atoms with van der Waals surface area (Å²) in [5.41, 5.74) is 0.818. The smallest absolute Gasteiger partial charge is 0.317 e. The van der Waals surface area contributed by atoms with E-state index in [1.807, 2.05) is 4.90 Å². The maximum atomic E-state index is 12.4. The van der Waals surface area contributed by atoms with Gasteiger partial charge in [-0.1, -0.05) is 48.5 Å². The molecule has 1 aromatic carbocycles. The highest BCUT2D eigenvalue weighted by molar-refractivity contribution is 6.42. The quantitative estimate of drug-likeness (QED) is 0.693. The van der Waals surface area contributed by atoms with E-state index in [2.05, 4.69) is 10.6 Å². The van der Waals surface area contributed by atoms with E-state index >= 15 is 0 Å². The molecule has 0 radical (unpaired) electrons. The fourth-order valence-corrected chi connectivity index (χ4v) is 4.08. The van der Waals surface area contributed by atoms with E-state index in [9.17, 15) is 9.59 Å². The zero-order valence-electron chi connectivity index (χ0n) is 15.9. The van der Waals surface area contributed by atoms with Crippen molar-refractivity contribution in [2.45, 2.75) is 57.0 Å². The second-order valence-corrected chi connectivity index (χ2v) is 8.38. The Morgan fingerprint density at radius 2 is 1.61 bits per heavy atom. The number of halogens is 2. The Balaban J connectivity index is 1.40. The van der Waals surface area contributed by atoms with E-state index in [1.165, 1.54) is 25.3 Å². The molecule has 7 heteroatoms. The topological polar surface area (TPSA) is 61.4 Å². The molecule has 1 aliphatic carbocycles. The van der Waals surface area contributed by atoms with Crippen LogP contribution in [0.2, 0.25) is 10.0 Å². The summed E-state index contributed by atoms with van der Waals surface area (Å²) in [7, 11) is 0. The minimum Gasteiger partial charge on any atom is -0.350 e. The normalized spacial score (nSPS) is 19.0. The first-order valence-electron chi connectivity index (χ1n) is 10.0. The van der Waals surface area contributed by atoms with Gasteiger partial charge in [-0.05, 0) is 49.5 Å². The van der Waals surface area contributed by atoms with E-state index in [0.29, 0.717) is 29.2 Å². The Labute approximate surface area is 176 Å². The molecular formula is C21H27Cl2N3O2. The highest BCUT2D eigenvalue weighted by Crippen LogP contribution is 2.23. The molecule has 3 amide bonds. The van der Waals surface area contributed by atoms with Gasteiger partial charge in [-0.3, -0.25) is 4.79 Å². The van der Waals surface area contributed by atoms with Crippen molar-refractivity contribution in [1.82, 2.24) is 15.5 Å². The lowest BCUT2D eigenvalue weighted by atomic mass is 9.95. The molecule has 1 saturated heterocycles. The Bertz CT molecular complexity index is 724. The minimum absolute atomic E-state index is 0.0381. The Morgan fingerprint density at radius 3 is 2.29 bits per heavy atom. The summed E-state index contributed by atoms with van der Waals surface area (Å²) in [5, 5.41) is 7.12. The maximum absolute atomic E-state index is 12.4. The molecular weight excluding hydrogens is 397 g/mol. The highest BCUT2D eigenvalue weighted by atomic mass is 35.5. The molecule has 3 rings (SSSR count). The third-order valence-electron chi connectivity index (χ3n) is 5.43. The van der Waals surface area contributed by atoms with Crippen LogP contribution in [0.1, 0.15) is 50.5 Å². The maximum Gasteiger partial charge on any atom is 0.317 e. The number of carbonyl (C=O) groups is 2. The van der Waals surface area contributed by atoms with E-state index < -0.39 is 0 Å². The summed E-state index contributed by atoms with van der Waals surface area (Å²) in [6.45, 7) is 1.33. The molecule has 152 valence electrons. The van der Waals surface area contributed by atoms with Crippen LogP contribution < -0.4 is 10.6 Å². The standard InChI is InChI=1S/C21H27Cl2N3O2/c22-18-8-6-15(14-19(18)23)7-9-20(27)24-17-10-12-26(13-11-17)21(28)25-16-4-2-1-3-5-16/h6-9,14,16-17H,1-5,10-13H2,(H,24,27)(H,25,28)/b9-7+. The number of piperidine rings is 1. The van der Waals surface area contributed by atoms with Gasteiger partial charge in [0.2, 0.25) is 5.91 Å². The van der Waals surface area contributed by atoms with Crippen LogP contribution in [0.3, 0.4) is 0 Å². The molecule has 1 aromatic rings. The van der Waals surface area contributed by atoms with Crippen LogP contribution in [-0.4, -0.2) is 42.0 Å². The summed E-state index contributed by atoms with van der Waals surface area (Å²) >= 11 is 11.9. The van der Waals surface area contributed by atoms with Crippen LogP contribution in [0.5, 0.6) is 0 Å². The Kier molecular flexibility index (Phi) is 7.63. The van der Waals surface area contributed by atoms with Crippen molar-refractivity contribution in [2.75, 3.05) is 13.1 Å². The summed E-state index contributed by atoms with van der Waals surface area (Å²) in [6, 6.07) is 5.68. The number of carbonyl (C=O) groups excluding carboxylic acids is 2. The van der Waals surface area contributed by atoms with Crippen LogP contribution in [0.4, 0.5) is 4.79 Å². The largest absolute Gasteiger partial charge is 0.350 e. The van der Waals surface area contributed by atoms with Crippen LogP contribution in [0, 0.1) is 0 Å². The van der Waals surface area contributed by atoms with Crippen molar-refractivity contribution in [3.63, 3.8) is 0 Å². The molecule has 1 aliphatic heterocycles. The summed E-state index contributed by atoms with van der Waals surface area (Å²) in [5.74, 6) is -0.142. The second-order valence-electron chi connectivity index (χ2n) is 7.56. The molecule has 28 heavy (non-hydrogen) atoms. The number of hydrogen-bond acceptors (Lipinski definition) is 2. The zero-order chi connectivity index (χ0) is 19.9. The predicted molar refractivity (Wildman–Crippen MR) is 114 cm³/mol. The average molecular weight is 424 g/mol. The van der Waals surface area contributed by atoms with Gasteiger partial charge in [-0.2, -0.15) is 0 Å². The van der Waals surface area contributed by atoms with Gasteiger partial charge >= 0.3 is 6.03 Å². The minimum atomic E-state index is -0.142. The first-order valence-corrected chi connectivity index (χ1v) is 10.8. The number of rotatable bonds is 4. The lowest BCUT2D eigenvalue weighted by molar-refractivity contribution is -0.117. The van der Waals surface area contributed by atoms with Crippen molar-refractivity contribution in [2.24, 2.45) is 0 Å². The molecule has 0 atom stereocenters. The van der Waals surface area contributed by atoms with Crippen molar-refractivity contribution in [3.8, 4) is 0 Å². The zero-order valence-corrected chi connectivity index (χ0v) is 17.4. The van der Waals surface area contributed by atoms with Gasteiger partial charge in [0.05, 0.1) is 10.0 Å². The van der Waals surface area contributed by atoms with Gasteiger partial charge in [-0.25, -0.2) is 4.79 Å². The van der Waals surface area contributed by atoms with E-state index in [-0.39, 0.29) is 18.0 Å². The van der Waals surface area contributed by atoms with Gasteiger partial charge in [0.25, 0.3) is 0 Å². The summed E-state index contributed by atoms with van der Waals surface area (Å²) in [6.07, 6.45) is 10.6. The van der Waals surface area contributed by atoms with E-state index in [1.54, 1.807) is 24.3 Å². The fourth-order valence-electron chi connectivity index (χ4n) is 3.78. The van der Waals surface area contributed by atoms with Crippen LogP contribution in [0.15, 0.2) is 24.3 Å². The first kappa shape index (κ1) is 21.0. The van der Waals surface area contributed by atoms with E-state index in [4.69, 9.17) is 23.2 Å². The van der Waals surface area contributed by atoms with E-state index in [0.717, 1.165) is 31.2 Å². The number of amides is 3. The Morgan fingerprint density at radius 1 is 0.929 bits per heavy atom. The molecule has 0 unspecified atom stereocenters. The van der Waals surface area contributed by atoms with Gasteiger partial charge in [0, 0.05) is 31.2 Å². The lowest BCUT2D eigenvalue weighted by Gasteiger charge is -2.34. The van der Waals surface area contributed by atoms with Crippen molar-refractivity contribution in [3.05, 3.63) is 39.9 Å². The van der Waals surface area contributed by atoms with Crippen molar-refractivity contribution in [1.29, 1.82) is 0 Å². The molecule has 5 nitrogen and oxygen atoms in total. The van der Waals surface area contributed by atoms with Crippen LogP contribution in [0.25, 0.3) is 6.08 Å². The molecule has 0 spiro atoms. The van der Waals surface area contributed by atoms with Gasteiger partial charge < -0.3 is 15.5 Å². The van der Waals surface area contributed by atoms with Crippen molar-refractivity contribution < 1.29 is 9.59 Å².